The van der Waals surface area contributed by atoms with E-state index in [0.717, 1.165) is 89.9 Å². The molecular formula is C73H130O6. The number of carbonyl (C=O) groups excluding carboxylic acids is 3. The van der Waals surface area contributed by atoms with Crippen LogP contribution in [0.1, 0.15) is 355 Å². The predicted octanol–water partition coefficient (Wildman–Crippen LogP) is 23.7. The molecule has 0 aliphatic carbocycles. The zero-order valence-corrected chi connectivity index (χ0v) is 52.6. The number of hydrogen-bond donors (Lipinski definition) is 0. The van der Waals surface area contributed by atoms with Crippen LogP contribution >= 0.6 is 0 Å². The Morgan fingerprint density at radius 2 is 0.494 bits per heavy atom. The molecular weight excluding hydrogens is 973 g/mol. The van der Waals surface area contributed by atoms with Crippen molar-refractivity contribution in [3.8, 4) is 0 Å². The van der Waals surface area contributed by atoms with Gasteiger partial charge in [0.05, 0.1) is 0 Å². The standard InChI is InChI=1S/C73H130O6/c1-4-7-10-13-16-19-21-23-25-27-28-29-30-31-32-33-34-35-36-37-38-39-40-41-42-43-44-46-47-49-51-54-57-60-63-66-72(75)78-69-70(68-77-71(74)65-62-59-56-53-18-15-12-9-6-3)79-73(76)67-64-61-58-55-52-50-48-45-26-24-22-20-17-14-11-8-5-2/h7,10,16,19,23-26,28-29,31-32,70H,4-6,8-9,11-15,17-18,20-22,27,30,33-69H2,1-3H3/b10-7-,19-16-,25-23-,26-24-,29-28-,32-31-. The number of unbranched alkanes of at least 4 members (excludes halogenated alkanes) is 40. The van der Waals surface area contributed by atoms with Crippen LogP contribution in [0.2, 0.25) is 0 Å². The molecule has 0 aliphatic heterocycles. The molecule has 0 fully saturated rings. The van der Waals surface area contributed by atoms with Crippen molar-refractivity contribution in [2.24, 2.45) is 0 Å². The summed E-state index contributed by atoms with van der Waals surface area (Å²) in [7, 11) is 0. The van der Waals surface area contributed by atoms with E-state index in [9.17, 15) is 14.4 Å². The molecule has 0 rings (SSSR count). The van der Waals surface area contributed by atoms with E-state index in [1.54, 1.807) is 0 Å². The second kappa shape index (κ2) is 67.4. The minimum absolute atomic E-state index is 0.0709. The van der Waals surface area contributed by atoms with E-state index in [1.165, 1.54) is 225 Å². The molecule has 0 amide bonds. The molecule has 6 heteroatoms. The summed E-state index contributed by atoms with van der Waals surface area (Å²) >= 11 is 0. The summed E-state index contributed by atoms with van der Waals surface area (Å²) in [4.78, 5) is 38.2. The Bertz CT molecular complexity index is 1450. The summed E-state index contributed by atoms with van der Waals surface area (Å²) in [5.74, 6) is -0.858. The van der Waals surface area contributed by atoms with Gasteiger partial charge in [-0.15, -0.1) is 0 Å². The molecule has 1 unspecified atom stereocenters. The maximum atomic E-state index is 12.9. The van der Waals surface area contributed by atoms with Gasteiger partial charge in [-0.1, -0.05) is 318 Å². The molecule has 0 saturated carbocycles. The van der Waals surface area contributed by atoms with Crippen molar-refractivity contribution < 1.29 is 28.6 Å². The van der Waals surface area contributed by atoms with Crippen molar-refractivity contribution in [2.45, 2.75) is 361 Å². The maximum Gasteiger partial charge on any atom is 0.306 e. The van der Waals surface area contributed by atoms with Gasteiger partial charge in [-0.2, -0.15) is 0 Å². The van der Waals surface area contributed by atoms with E-state index in [0.29, 0.717) is 19.3 Å². The summed E-state index contributed by atoms with van der Waals surface area (Å²) < 4.78 is 16.9. The van der Waals surface area contributed by atoms with Gasteiger partial charge in [0, 0.05) is 19.3 Å². The van der Waals surface area contributed by atoms with Gasteiger partial charge < -0.3 is 14.2 Å². The second-order valence-electron chi connectivity index (χ2n) is 23.1. The topological polar surface area (TPSA) is 78.9 Å². The van der Waals surface area contributed by atoms with Gasteiger partial charge in [-0.05, 0) is 89.9 Å². The zero-order chi connectivity index (χ0) is 57.1. The Labute approximate surface area is 491 Å². The highest BCUT2D eigenvalue weighted by Gasteiger charge is 2.19. The molecule has 0 saturated heterocycles. The zero-order valence-electron chi connectivity index (χ0n) is 52.6. The molecule has 0 aliphatic rings. The summed E-state index contributed by atoms with van der Waals surface area (Å²) in [5.41, 5.74) is 0. The van der Waals surface area contributed by atoms with Gasteiger partial charge in [0.15, 0.2) is 6.10 Å². The van der Waals surface area contributed by atoms with Gasteiger partial charge in [-0.25, -0.2) is 0 Å². The highest BCUT2D eigenvalue weighted by molar-refractivity contribution is 5.71. The molecule has 0 heterocycles. The Balaban J connectivity index is 4.03. The van der Waals surface area contributed by atoms with E-state index in [-0.39, 0.29) is 31.1 Å². The molecule has 0 aromatic heterocycles. The summed E-state index contributed by atoms with van der Waals surface area (Å²) in [6.45, 7) is 6.54. The number of allylic oxidation sites excluding steroid dienone is 12. The molecule has 0 N–H and O–H groups in total. The van der Waals surface area contributed by atoms with E-state index in [1.807, 2.05) is 0 Å². The molecule has 0 bridgehead atoms. The number of esters is 3. The lowest BCUT2D eigenvalue weighted by Crippen LogP contribution is -2.30. The Morgan fingerprint density at radius 1 is 0.266 bits per heavy atom. The van der Waals surface area contributed by atoms with Crippen molar-refractivity contribution in [3.05, 3.63) is 72.9 Å². The number of carbonyl (C=O) groups is 3. The fourth-order valence-electron chi connectivity index (χ4n) is 10.1. The average molecular weight is 1100 g/mol. The normalized spacial score (nSPS) is 12.5. The smallest absolute Gasteiger partial charge is 0.306 e. The molecule has 0 radical (unpaired) electrons. The lowest BCUT2D eigenvalue weighted by molar-refractivity contribution is -0.167. The Kier molecular flexibility index (Phi) is 64.7. The monoisotopic (exact) mass is 1100 g/mol. The van der Waals surface area contributed by atoms with Crippen molar-refractivity contribution in [1.82, 2.24) is 0 Å². The van der Waals surface area contributed by atoms with Crippen LogP contribution in [0.3, 0.4) is 0 Å². The fourth-order valence-corrected chi connectivity index (χ4v) is 10.1. The van der Waals surface area contributed by atoms with E-state index >= 15 is 0 Å². The number of rotatable bonds is 63. The van der Waals surface area contributed by atoms with Gasteiger partial charge in [0.2, 0.25) is 0 Å². The molecule has 458 valence electrons. The van der Waals surface area contributed by atoms with Gasteiger partial charge in [0.1, 0.15) is 13.2 Å². The Morgan fingerprint density at radius 3 is 0.785 bits per heavy atom. The lowest BCUT2D eigenvalue weighted by atomic mass is 10.0. The van der Waals surface area contributed by atoms with Crippen molar-refractivity contribution in [2.75, 3.05) is 13.2 Å². The lowest BCUT2D eigenvalue weighted by Gasteiger charge is -2.18. The first kappa shape index (κ1) is 75.8. The third-order valence-electron chi connectivity index (χ3n) is 15.2. The minimum atomic E-state index is -0.772. The molecule has 6 nitrogen and oxygen atoms in total. The predicted molar refractivity (Wildman–Crippen MR) is 344 cm³/mol. The first-order valence-electron chi connectivity index (χ1n) is 34.4. The SMILES string of the molecule is CC/C=C\C/C=C\C/C=C\C/C=C\C/C=C\CCCCCCCCCCCCCCCCCCCCCC(=O)OCC(COC(=O)CCCCCCCCCCC)OC(=O)CCCCCCCCC/C=C\CCCCCCCC. The molecule has 0 aromatic carbocycles. The van der Waals surface area contributed by atoms with Crippen LogP contribution in [-0.4, -0.2) is 37.2 Å². The second-order valence-corrected chi connectivity index (χ2v) is 23.1. The summed E-state index contributed by atoms with van der Waals surface area (Å²) in [6.07, 6.45) is 88.0. The average Bonchev–Trinajstić information content (AvgIpc) is 3.45. The summed E-state index contributed by atoms with van der Waals surface area (Å²) in [5, 5.41) is 0. The van der Waals surface area contributed by atoms with Crippen LogP contribution in [0.4, 0.5) is 0 Å². The first-order chi connectivity index (χ1) is 39.0. The fraction of sp³-hybridized carbons (Fsp3) is 0.795. The third kappa shape index (κ3) is 65.5. The van der Waals surface area contributed by atoms with Crippen LogP contribution in [-0.2, 0) is 28.6 Å². The van der Waals surface area contributed by atoms with Gasteiger partial charge in [0.25, 0.3) is 0 Å². The van der Waals surface area contributed by atoms with Crippen molar-refractivity contribution in [3.63, 3.8) is 0 Å². The number of ether oxygens (including phenoxy) is 3. The van der Waals surface area contributed by atoms with Gasteiger partial charge >= 0.3 is 17.9 Å². The molecule has 79 heavy (non-hydrogen) atoms. The largest absolute Gasteiger partial charge is 0.462 e. The van der Waals surface area contributed by atoms with E-state index in [2.05, 4.69) is 93.7 Å². The van der Waals surface area contributed by atoms with Crippen LogP contribution in [0.15, 0.2) is 72.9 Å². The Hall–Kier alpha value is -3.15. The van der Waals surface area contributed by atoms with Crippen LogP contribution in [0, 0.1) is 0 Å². The number of hydrogen-bond acceptors (Lipinski definition) is 6. The van der Waals surface area contributed by atoms with Gasteiger partial charge in [-0.3, -0.25) is 14.4 Å². The molecule has 0 aromatic rings. The van der Waals surface area contributed by atoms with E-state index in [4.69, 9.17) is 14.2 Å². The van der Waals surface area contributed by atoms with Crippen LogP contribution in [0.25, 0.3) is 0 Å². The van der Waals surface area contributed by atoms with E-state index < -0.39 is 6.10 Å². The first-order valence-corrected chi connectivity index (χ1v) is 34.4. The minimum Gasteiger partial charge on any atom is -0.462 e. The maximum absolute atomic E-state index is 12.9. The highest BCUT2D eigenvalue weighted by Crippen LogP contribution is 2.18. The molecule has 1 atom stereocenters. The van der Waals surface area contributed by atoms with Crippen LogP contribution < -0.4 is 0 Å². The highest BCUT2D eigenvalue weighted by atomic mass is 16.6. The van der Waals surface area contributed by atoms with Crippen molar-refractivity contribution in [1.29, 1.82) is 0 Å². The molecule has 0 spiro atoms. The quantitative estimate of drug-likeness (QED) is 0.0261. The summed E-state index contributed by atoms with van der Waals surface area (Å²) in [6, 6.07) is 0. The van der Waals surface area contributed by atoms with Crippen LogP contribution in [0.5, 0.6) is 0 Å². The third-order valence-corrected chi connectivity index (χ3v) is 15.2. The van der Waals surface area contributed by atoms with Crippen molar-refractivity contribution >= 4 is 17.9 Å².